The molecule has 10 nitrogen and oxygen atoms in total. The largest absolute Gasteiger partial charge is 0.491 e. The van der Waals surface area contributed by atoms with E-state index in [0.29, 0.717) is 19.0 Å². The molecule has 1 saturated heterocycles. The van der Waals surface area contributed by atoms with Gasteiger partial charge in [0.05, 0.1) is 31.6 Å². The van der Waals surface area contributed by atoms with E-state index in [9.17, 15) is 8.42 Å². The summed E-state index contributed by atoms with van der Waals surface area (Å²) in [5.74, 6) is 1.25. The number of imidazole rings is 1. The molecule has 30 heavy (non-hydrogen) atoms. The Bertz CT molecular complexity index is 914. The van der Waals surface area contributed by atoms with Gasteiger partial charge in [0.2, 0.25) is 10.0 Å². The highest BCUT2D eigenvalue weighted by Gasteiger charge is 2.35. The zero-order chi connectivity index (χ0) is 22.1. The second kappa shape index (κ2) is 11.1. The summed E-state index contributed by atoms with van der Waals surface area (Å²) in [6, 6.07) is 7.35. The second-order valence-corrected chi connectivity index (χ2v) is 9.02. The van der Waals surface area contributed by atoms with Gasteiger partial charge >= 0.3 is 0 Å². The minimum atomic E-state index is -3.32. The van der Waals surface area contributed by atoms with Crippen LogP contribution in [0.25, 0.3) is 11.4 Å². The minimum Gasteiger partial charge on any atom is -0.491 e. The number of rotatable bonds is 8. The number of carboxylic acid groups (broad SMARTS) is 1. The third-order valence-electron chi connectivity index (χ3n) is 4.62. The Morgan fingerprint density at radius 1 is 1.37 bits per heavy atom. The normalized spacial score (nSPS) is 18.7. The van der Waals surface area contributed by atoms with Crippen molar-refractivity contribution < 1.29 is 32.9 Å². The molecule has 0 saturated carbocycles. The highest BCUT2D eigenvalue weighted by atomic mass is 32.2. The summed E-state index contributed by atoms with van der Waals surface area (Å²) in [6.45, 7) is 0.756. The van der Waals surface area contributed by atoms with Gasteiger partial charge in [0.15, 0.2) is 0 Å². The first kappa shape index (κ1) is 23.8. The molecule has 2 N–H and O–H groups in total. The molecule has 11 heteroatoms. The average Bonchev–Trinajstić information content (AvgIpc) is 3.35. The first-order valence-corrected chi connectivity index (χ1v) is 10.9. The van der Waals surface area contributed by atoms with E-state index in [1.165, 1.54) is 4.31 Å². The maximum atomic E-state index is 12.3. The summed E-state index contributed by atoms with van der Waals surface area (Å²) in [6.07, 6.45) is 3.55. The van der Waals surface area contributed by atoms with Crippen molar-refractivity contribution in [3.05, 3.63) is 36.7 Å². The van der Waals surface area contributed by atoms with Crippen LogP contribution in [0.1, 0.15) is 6.04 Å². The maximum absolute atomic E-state index is 12.3. The SMILES string of the molecule is CN(C)S(=O)(=O)C[C@H]1COC[C@H]1n1ccnc1-c1cccc(OCCO)c1.O=CO. The van der Waals surface area contributed by atoms with Crippen LogP contribution in [-0.4, -0.2) is 85.2 Å². The summed E-state index contributed by atoms with van der Waals surface area (Å²) in [4.78, 5) is 12.8. The molecule has 0 bridgehead atoms. The smallest absolute Gasteiger partial charge is 0.290 e. The zero-order valence-electron chi connectivity index (χ0n) is 16.9. The fourth-order valence-corrected chi connectivity index (χ4v) is 4.32. The van der Waals surface area contributed by atoms with Crippen molar-refractivity contribution >= 4 is 16.5 Å². The Morgan fingerprint density at radius 2 is 2.10 bits per heavy atom. The van der Waals surface area contributed by atoms with Crippen molar-refractivity contribution in [3.8, 4) is 17.1 Å². The van der Waals surface area contributed by atoms with Gasteiger partial charge in [-0.05, 0) is 12.1 Å². The molecule has 1 aliphatic heterocycles. The topological polar surface area (TPSA) is 131 Å². The molecular formula is C19H27N3O7S. The molecule has 0 unspecified atom stereocenters. The van der Waals surface area contributed by atoms with Gasteiger partial charge in [-0.1, -0.05) is 12.1 Å². The average molecular weight is 442 g/mol. The van der Waals surface area contributed by atoms with Crippen LogP contribution in [0.3, 0.4) is 0 Å². The van der Waals surface area contributed by atoms with Crippen molar-refractivity contribution in [2.45, 2.75) is 6.04 Å². The van der Waals surface area contributed by atoms with Gasteiger partial charge in [-0.3, -0.25) is 4.79 Å². The summed E-state index contributed by atoms with van der Waals surface area (Å²) in [5.41, 5.74) is 0.858. The molecule has 0 radical (unpaired) electrons. The predicted molar refractivity (Wildman–Crippen MR) is 110 cm³/mol. The lowest BCUT2D eigenvalue weighted by atomic mass is 10.1. The van der Waals surface area contributed by atoms with Crippen molar-refractivity contribution in [1.29, 1.82) is 0 Å². The lowest BCUT2D eigenvalue weighted by molar-refractivity contribution is -0.122. The van der Waals surface area contributed by atoms with Crippen LogP contribution >= 0.6 is 0 Å². The molecule has 3 rings (SSSR count). The molecule has 1 aromatic carbocycles. The first-order chi connectivity index (χ1) is 14.3. The van der Waals surface area contributed by atoms with Crippen molar-refractivity contribution in [3.63, 3.8) is 0 Å². The van der Waals surface area contributed by atoms with Gasteiger partial charge in [0.1, 0.15) is 18.2 Å². The molecule has 1 aromatic heterocycles. The number of aromatic nitrogens is 2. The van der Waals surface area contributed by atoms with Gasteiger partial charge in [0.25, 0.3) is 6.47 Å². The van der Waals surface area contributed by atoms with E-state index in [1.807, 2.05) is 35.0 Å². The number of nitrogens with zero attached hydrogens (tertiary/aromatic N) is 3. The molecule has 1 aliphatic rings. The monoisotopic (exact) mass is 441 g/mol. The summed E-state index contributed by atoms with van der Waals surface area (Å²) < 4.78 is 38.9. The number of sulfonamides is 1. The van der Waals surface area contributed by atoms with Crippen LogP contribution in [0.4, 0.5) is 0 Å². The lowest BCUT2D eigenvalue weighted by Crippen LogP contribution is -2.32. The number of carbonyl (C=O) groups is 1. The fourth-order valence-electron chi connectivity index (χ4n) is 3.17. The number of hydrogen-bond donors (Lipinski definition) is 2. The molecule has 2 aromatic rings. The standard InChI is InChI=1S/C18H25N3O5S.CH2O2/c1-20(2)27(23,24)13-15-11-25-12-17(15)21-7-6-19-18(21)14-4-3-5-16(10-14)26-9-8-22;2-1-3/h3-7,10,15,17,22H,8-9,11-13H2,1-2H3;1H,(H,2,3)/t15-,17-;/m1./s1. The fraction of sp³-hybridized carbons (Fsp3) is 0.474. The van der Waals surface area contributed by atoms with E-state index in [1.54, 1.807) is 20.3 Å². The molecule has 1 fully saturated rings. The van der Waals surface area contributed by atoms with Gasteiger partial charge in [-0.2, -0.15) is 0 Å². The van der Waals surface area contributed by atoms with Gasteiger partial charge in [-0.15, -0.1) is 0 Å². The van der Waals surface area contributed by atoms with Crippen LogP contribution in [-0.2, 0) is 19.6 Å². The van der Waals surface area contributed by atoms with Crippen LogP contribution in [0.15, 0.2) is 36.7 Å². The van der Waals surface area contributed by atoms with Gasteiger partial charge < -0.3 is 24.3 Å². The van der Waals surface area contributed by atoms with E-state index < -0.39 is 10.0 Å². The highest BCUT2D eigenvalue weighted by Crippen LogP contribution is 2.32. The van der Waals surface area contributed by atoms with E-state index in [4.69, 9.17) is 24.5 Å². The highest BCUT2D eigenvalue weighted by molar-refractivity contribution is 7.89. The maximum Gasteiger partial charge on any atom is 0.290 e. The molecular weight excluding hydrogens is 414 g/mol. The lowest BCUT2D eigenvalue weighted by Gasteiger charge is -2.22. The van der Waals surface area contributed by atoms with Crippen LogP contribution < -0.4 is 4.74 Å². The zero-order valence-corrected chi connectivity index (χ0v) is 17.7. The van der Waals surface area contributed by atoms with Crippen molar-refractivity contribution in [1.82, 2.24) is 13.9 Å². The first-order valence-electron chi connectivity index (χ1n) is 9.26. The summed E-state index contributed by atoms with van der Waals surface area (Å²) >= 11 is 0. The van der Waals surface area contributed by atoms with E-state index >= 15 is 0 Å². The molecule has 0 spiro atoms. The Morgan fingerprint density at radius 3 is 2.77 bits per heavy atom. The number of ether oxygens (including phenoxy) is 2. The van der Waals surface area contributed by atoms with Gasteiger partial charge in [-0.25, -0.2) is 17.7 Å². The molecule has 0 amide bonds. The molecule has 0 aliphatic carbocycles. The van der Waals surface area contributed by atoms with E-state index in [-0.39, 0.29) is 37.4 Å². The van der Waals surface area contributed by atoms with Crippen LogP contribution in [0.5, 0.6) is 5.75 Å². The number of hydrogen-bond acceptors (Lipinski definition) is 7. The Hall–Kier alpha value is -2.47. The Kier molecular flexibility index (Phi) is 8.78. The molecule has 2 heterocycles. The minimum absolute atomic E-state index is 0.0297. The van der Waals surface area contributed by atoms with Crippen molar-refractivity contribution in [2.75, 3.05) is 46.3 Å². The predicted octanol–water partition coefficient (Wildman–Crippen LogP) is 0.701. The summed E-state index contributed by atoms with van der Waals surface area (Å²) in [5, 5.41) is 15.8. The summed E-state index contributed by atoms with van der Waals surface area (Å²) in [7, 11) is -0.239. The third kappa shape index (κ3) is 6.02. The van der Waals surface area contributed by atoms with Crippen LogP contribution in [0, 0.1) is 5.92 Å². The van der Waals surface area contributed by atoms with Gasteiger partial charge in [0, 0.05) is 38.0 Å². The Balaban J connectivity index is 0.00000101. The van der Waals surface area contributed by atoms with E-state index in [0.717, 1.165) is 11.4 Å². The van der Waals surface area contributed by atoms with Crippen molar-refractivity contribution in [2.24, 2.45) is 5.92 Å². The third-order valence-corrected chi connectivity index (χ3v) is 6.59. The quantitative estimate of drug-likeness (QED) is 0.573. The number of aliphatic hydroxyl groups excluding tert-OH is 1. The van der Waals surface area contributed by atoms with E-state index in [2.05, 4.69) is 4.98 Å². The second-order valence-electron chi connectivity index (χ2n) is 6.79. The number of benzene rings is 1. The molecule has 166 valence electrons. The number of aliphatic hydroxyl groups is 1. The Labute approximate surface area is 175 Å². The molecule has 2 atom stereocenters. The van der Waals surface area contributed by atoms with Crippen LogP contribution in [0.2, 0.25) is 0 Å².